The van der Waals surface area contributed by atoms with Gasteiger partial charge in [0.15, 0.2) is 17.3 Å². The molecule has 2 rings (SSSR count). The van der Waals surface area contributed by atoms with Crippen molar-refractivity contribution in [3.63, 3.8) is 0 Å². The highest BCUT2D eigenvalue weighted by Crippen LogP contribution is 2.34. The molecule has 0 saturated heterocycles. The molecule has 2 aromatic carbocycles. The van der Waals surface area contributed by atoms with E-state index in [2.05, 4.69) is 0 Å². The number of methoxy groups -OCH3 is 2. The SMILES string of the molecule is COc1ccc(C=CC(=O)c2ccccc2C(=O)O)c(C(=O)O)c1OC. The molecular weight excluding hydrogens is 340 g/mol. The summed E-state index contributed by atoms with van der Waals surface area (Å²) in [6, 6.07) is 8.76. The lowest BCUT2D eigenvalue weighted by molar-refractivity contribution is 0.0682. The van der Waals surface area contributed by atoms with E-state index in [4.69, 9.17) is 14.6 Å². The second kappa shape index (κ2) is 7.98. The molecule has 0 heterocycles. The molecule has 7 heteroatoms. The highest BCUT2D eigenvalue weighted by molar-refractivity contribution is 6.13. The molecule has 0 aliphatic rings. The Morgan fingerprint density at radius 1 is 0.885 bits per heavy atom. The second-order valence-electron chi connectivity index (χ2n) is 5.12. The van der Waals surface area contributed by atoms with E-state index in [9.17, 15) is 19.5 Å². The van der Waals surface area contributed by atoms with Gasteiger partial charge in [-0.25, -0.2) is 9.59 Å². The van der Waals surface area contributed by atoms with Crippen LogP contribution in [0, 0.1) is 0 Å². The van der Waals surface area contributed by atoms with Gasteiger partial charge in [-0.05, 0) is 23.8 Å². The third-order valence-corrected chi connectivity index (χ3v) is 3.63. The zero-order valence-electron chi connectivity index (χ0n) is 14.1. The molecule has 0 saturated carbocycles. The quantitative estimate of drug-likeness (QED) is 0.579. The highest BCUT2D eigenvalue weighted by atomic mass is 16.5. The first-order valence-electron chi connectivity index (χ1n) is 7.43. The van der Waals surface area contributed by atoms with E-state index in [0.29, 0.717) is 0 Å². The molecule has 0 atom stereocenters. The average Bonchev–Trinajstić information content (AvgIpc) is 2.64. The van der Waals surface area contributed by atoms with Crippen LogP contribution in [0.2, 0.25) is 0 Å². The summed E-state index contributed by atoms with van der Waals surface area (Å²) in [5.74, 6) is -2.77. The van der Waals surface area contributed by atoms with Crippen molar-refractivity contribution in [3.8, 4) is 11.5 Å². The molecule has 0 fully saturated rings. The Morgan fingerprint density at radius 3 is 2.08 bits per heavy atom. The van der Waals surface area contributed by atoms with Crippen LogP contribution < -0.4 is 9.47 Å². The van der Waals surface area contributed by atoms with Crippen molar-refractivity contribution >= 4 is 23.8 Å². The third-order valence-electron chi connectivity index (χ3n) is 3.63. The number of ether oxygens (including phenoxy) is 2. The smallest absolute Gasteiger partial charge is 0.340 e. The van der Waals surface area contributed by atoms with Crippen LogP contribution in [0.1, 0.15) is 36.6 Å². The Kier molecular flexibility index (Phi) is 5.74. The monoisotopic (exact) mass is 356 g/mol. The van der Waals surface area contributed by atoms with Gasteiger partial charge < -0.3 is 19.7 Å². The number of aromatic carboxylic acids is 2. The van der Waals surface area contributed by atoms with Crippen molar-refractivity contribution in [2.24, 2.45) is 0 Å². The Morgan fingerprint density at radius 2 is 1.54 bits per heavy atom. The summed E-state index contributed by atoms with van der Waals surface area (Å²) >= 11 is 0. The zero-order valence-corrected chi connectivity index (χ0v) is 14.1. The predicted octanol–water partition coefficient (Wildman–Crippen LogP) is 3.00. The number of carbonyl (C=O) groups is 3. The summed E-state index contributed by atoms with van der Waals surface area (Å²) < 4.78 is 10.2. The van der Waals surface area contributed by atoms with E-state index in [1.165, 1.54) is 50.6 Å². The first-order valence-corrected chi connectivity index (χ1v) is 7.43. The Labute approximate surface area is 149 Å². The van der Waals surface area contributed by atoms with Crippen molar-refractivity contribution in [3.05, 3.63) is 64.7 Å². The topological polar surface area (TPSA) is 110 Å². The molecule has 0 bridgehead atoms. The lowest BCUT2D eigenvalue weighted by Gasteiger charge is -2.12. The number of carboxylic acids is 2. The Bertz CT molecular complexity index is 897. The van der Waals surface area contributed by atoms with Gasteiger partial charge in [-0.15, -0.1) is 0 Å². The number of benzene rings is 2. The molecule has 0 spiro atoms. The molecular formula is C19H16O7. The summed E-state index contributed by atoms with van der Waals surface area (Å²) in [7, 11) is 2.69. The van der Waals surface area contributed by atoms with Gasteiger partial charge in [0.05, 0.1) is 19.8 Å². The van der Waals surface area contributed by atoms with Crippen LogP contribution in [0.4, 0.5) is 0 Å². The standard InChI is InChI=1S/C19H16O7/c1-25-15-10-8-11(16(19(23)24)17(15)26-2)7-9-14(20)12-5-3-4-6-13(12)18(21)22/h3-10H,1-2H3,(H,21,22)(H,23,24). The maximum atomic E-state index is 12.3. The predicted molar refractivity (Wildman–Crippen MR) is 93.3 cm³/mol. The largest absolute Gasteiger partial charge is 0.493 e. The molecule has 2 N–H and O–H groups in total. The summed E-state index contributed by atoms with van der Waals surface area (Å²) in [5.41, 5.74) is -0.0692. The molecule has 7 nitrogen and oxygen atoms in total. The van der Waals surface area contributed by atoms with Crippen LogP contribution in [0.3, 0.4) is 0 Å². The fourth-order valence-corrected chi connectivity index (χ4v) is 2.44. The number of hydrogen-bond donors (Lipinski definition) is 2. The average molecular weight is 356 g/mol. The lowest BCUT2D eigenvalue weighted by Crippen LogP contribution is -2.07. The van der Waals surface area contributed by atoms with Gasteiger partial charge in [0.1, 0.15) is 5.56 Å². The second-order valence-corrected chi connectivity index (χ2v) is 5.12. The molecule has 0 amide bonds. The van der Waals surface area contributed by atoms with E-state index in [1.807, 2.05) is 0 Å². The summed E-state index contributed by atoms with van der Waals surface area (Å²) in [5, 5.41) is 18.6. The van der Waals surface area contributed by atoms with Crippen LogP contribution in [-0.4, -0.2) is 42.2 Å². The summed E-state index contributed by atoms with van der Waals surface area (Å²) in [4.78, 5) is 35.2. The number of allylic oxidation sites excluding steroid dienone is 1. The van der Waals surface area contributed by atoms with Crippen molar-refractivity contribution in [2.75, 3.05) is 14.2 Å². The van der Waals surface area contributed by atoms with Gasteiger partial charge in [-0.3, -0.25) is 4.79 Å². The minimum Gasteiger partial charge on any atom is -0.493 e. The first-order chi connectivity index (χ1) is 12.4. The number of ketones is 1. The van der Waals surface area contributed by atoms with Gasteiger partial charge in [-0.1, -0.05) is 30.3 Å². The minimum absolute atomic E-state index is 0.00796. The molecule has 0 radical (unpaired) electrons. The molecule has 26 heavy (non-hydrogen) atoms. The van der Waals surface area contributed by atoms with Crippen molar-refractivity contribution in [1.82, 2.24) is 0 Å². The maximum Gasteiger partial charge on any atom is 0.340 e. The van der Waals surface area contributed by atoms with Gasteiger partial charge in [0.25, 0.3) is 0 Å². The van der Waals surface area contributed by atoms with E-state index >= 15 is 0 Å². The lowest BCUT2D eigenvalue weighted by atomic mass is 10.0. The Balaban J connectivity index is 2.47. The van der Waals surface area contributed by atoms with Gasteiger partial charge in [0, 0.05) is 5.56 Å². The summed E-state index contributed by atoms with van der Waals surface area (Å²) in [6.07, 6.45) is 2.42. The van der Waals surface area contributed by atoms with Crippen LogP contribution in [0.15, 0.2) is 42.5 Å². The molecule has 2 aromatic rings. The van der Waals surface area contributed by atoms with E-state index in [1.54, 1.807) is 6.07 Å². The number of rotatable bonds is 7. The number of hydrogen-bond acceptors (Lipinski definition) is 5. The maximum absolute atomic E-state index is 12.3. The Hall–Kier alpha value is -3.61. The molecule has 0 unspecified atom stereocenters. The van der Waals surface area contributed by atoms with Gasteiger partial charge in [0.2, 0.25) is 0 Å². The number of carbonyl (C=O) groups excluding carboxylic acids is 1. The van der Waals surface area contributed by atoms with Crippen LogP contribution >= 0.6 is 0 Å². The van der Waals surface area contributed by atoms with Gasteiger partial charge >= 0.3 is 11.9 Å². The third kappa shape index (κ3) is 3.72. The van der Waals surface area contributed by atoms with E-state index in [0.717, 1.165) is 6.08 Å². The molecule has 0 aliphatic heterocycles. The van der Waals surface area contributed by atoms with E-state index < -0.39 is 17.7 Å². The first kappa shape index (κ1) is 18.7. The van der Waals surface area contributed by atoms with Gasteiger partial charge in [-0.2, -0.15) is 0 Å². The highest BCUT2D eigenvalue weighted by Gasteiger charge is 2.20. The van der Waals surface area contributed by atoms with Crippen LogP contribution in [0.5, 0.6) is 11.5 Å². The fourth-order valence-electron chi connectivity index (χ4n) is 2.44. The van der Waals surface area contributed by atoms with Crippen LogP contribution in [0.25, 0.3) is 6.08 Å². The van der Waals surface area contributed by atoms with Crippen molar-refractivity contribution < 1.29 is 34.1 Å². The summed E-state index contributed by atoms with van der Waals surface area (Å²) in [6.45, 7) is 0. The van der Waals surface area contributed by atoms with Crippen LogP contribution in [-0.2, 0) is 0 Å². The normalized spacial score (nSPS) is 10.5. The number of carboxylic acid groups (broad SMARTS) is 2. The van der Waals surface area contributed by atoms with Crippen molar-refractivity contribution in [2.45, 2.75) is 0 Å². The molecule has 134 valence electrons. The molecule has 0 aromatic heterocycles. The zero-order chi connectivity index (χ0) is 19.3. The van der Waals surface area contributed by atoms with Crippen molar-refractivity contribution in [1.29, 1.82) is 0 Å². The minimum atomic E-state index is -1.25. The van der Waals surface area contributed by atoms with E-state index in [-0.39, 0.29) is 33.8 Å². The fraction of sp³-hybridized carbons (Fsp3) is 0.105. The molecule has 0 aliphatic carbocycles.